The van der Waals surface area contributed by atoms with Crippen molar-refractivity contribution in [3.05, 3.63) is 58.4 Å². The molecule has 0 aliphatic rings. The number of nitrogens with zero attached hydrogens (tertiary/aromatic N) is 1. The van der Waals surface area contributed by atoms with Crippen LogP contribution < -0.4 is 16.0 Å². The predicted molar refractivity (Wildman–Crippen MR) is 76.1 cm³/mol. The molecule has 0 aliphatic carbocycles. The first-order chi connectivity index (χ1) is 9.15. The highest BCUT2D eigenvalue weighted by atomic mass is 35.5. The fraction of sp³-hybridized carbons (Fsp3) is 0.214. The second-order valence-corrected chi connectivity index (χ2v) is 4.68. The van der Waals surface area contributed by atoms with E-state index >= 15 is 0 Å². The van der Waals surface area contributed by atoms with Gasteiger partial charge in [-0.2, -0.15) is 0 Å². The number of ether oxygens (including phenoxy) is 1. The summed E-state index contributed by atoms with van der Waals surface area (Å²) in [5.41, 5.74) is 5.63. The number of aromatic nitrogens is 1. The monoisotopic (exact) mass is 277 g/mol. The minimum atomic E-state index is -0.243. The molecule has 5 heteroatoms. The first-order valence-electron chi connectivity index (χ1n) is 5.88. The first-order valence-corrected chi connectivity index (χ1v) is 6.25. The molecule has 0 aliphatic heterocycles. The number of hydrogen-bond acceptors (Lipinski definition) is 4. The Hall–Kier alpha value is -1.62. The number of nitrogens with two attached hydrogens (primary N) is 1. The van der Waals surface area contributed by atoms with Crippen LogP contribution in [0.25, 0.3) is 0 Å². The fourth-order valence-electron chi connectivity index (χ4n) is 1.97. The quantitative estimate of drug-likeness (QED) is 0.666. The van der Waals surface area contributed by atoms with E-state index < -0.39 is 0 Å². The molecule has 100 valence electrons. The van der Waals surface area contributed by atoms with Crippen molar-refractivity contribution in [2.24, 2.45) is 5.84 Å². The van der Waals surface area contributed by atoms with E-state index in [-0.39, 0.29) is 6.04 Å². The second-order valence-electron chi connectivity index (χ2n) is 4.25. The van der Waals surface area contributed by atoms with E-state index in [1.807, 2.05) is 31.2 Å². The zero-order valence-corrected chi connectivity index (χ0v) is 11.6. The summed E-state index contributed by atoms with van der Waals surface area (Å²) in [6, 6.07) is 9.33. The Morgan fingerprint density at radius 2 is 2.11 bits per heavy atom. The van der Waals surface area contributed by atoms with Crippen LogP contribution in [0.4, 0.5) is 0 Å². The van der Waals surface area contributed by atoms with Gasteiger partial charge in [-0.3, -0.25) is 10.8 Å². The molecule has 3 N–H and O–H groups in total. The third-order valence-corrected chi connectivity index (χ3v) is 3.13. The lowest BCUT2D eigenvalue weighted by Crippen LogP contribution is -2.29. The number of halogens is 1. The van der Waals surface area contributed by atoms with Gasteiger partial charge in [0, 0.05) is 11.8 Å². The molecule has 1 atom stereocenters. The van der Waals surface area contributed by atoms with Crippen molar-refractivity contribution in [2.45, 2.75) is 13.0 Å². The van der Waals surface area contributed by atoms with Gasteiger partial charge in [0.05, 0.1) is 23.9 Å². The van der Waals surface area contributed by atoms with E-state index in [2.05, 4.69) is 10.4 Å². The summed E-state index contributed by atoms with van der Waals surface area (Å²) in [5, 5.41) is 0.593. The van der Waals surface area contributed by atoms with Crippen LogP contribution in [0, 0.1) is 6.92 Å². The Bertz CT molecular complexity index is 557. The van der Waals surface area contributed by atoms with Gasteiger partial charge in [-0.05, 0) is 25.1 Å². The first kappa shape index (κ1) is 13.8. The molecule has 19 heavy (non-hydrogen) atoms. The van der Waals surface area contributed by atoms with Crippen LogP contribution in [0.5, 0.6) is 5.75 Å². The summed E-state index contributed by atoms with van der Waals surface area (Å²) in [5.74, 6) is 6.44. The minimum Gasteiger partial charge on any atom is -0.496 e. The van der Waals surface area contributed by atoms with E-state index in [0.29, 0.717) is 5.02 Å². The van der Waals surface area contributed by atoms with Crippen LogP contribution in [0.2, 0.25) is 5.02 Å². The lowest BCUT2D eigenvalue weighted by atomic mass is 10.0. The minimum absolute atomic E-state index is 0.243. The number of rotatable bonds is 4. The normalized spacial score (nSPS) is 12.2. The van der Waals surface area contributed by atoms with Gasteiger partial charge < -0.3 is 4.74 Å². The van der Waals surface area contributed by atoms with Crippen LogP contribution >= 0.6 is 11.6 Å². The van der Waals surface area contributed by atoms with Crippen molar-refractivity contribution in [1.82, 2.24) is 10.4 Å². The summed E-state index contributed by atoms with van der Waals surface area (Å²) in [6.07, 6.45) is 1.60. The summed E-state index contributed by atoms with van der Waals surface area (Å²) < 4.78 is 5.38. The molecule has 4 nitrogen and oxygen atoms in total. The van der Waals surface area contributed by atoms with Crippen molar-refractivity contribution in [2.75, 3.05) is 7.11 Å². The third kappa shape index (κ3) is 3.04. The maximum absolute atomic E-state index is 5.85. The van der Waals surface area contributed by atoms with E-state index in [1.165, 1.54) is 0 Å². The Kier molecular flexibility index (Phi) is 4.37. The van der Waals surface area contributed by atoms with Crippen LogP contribution in [0.15, 0.2) is 36.5 Å². The molecule has 0 fully saturated rings. The summed E-state index contributed by atoms with van der Waals surface area (Å²) in [7, 11) is 1.64. The lowest BCUT2D eigenvalue weighted by molar-refractivity contribution is 0.403. The molecular weight excluding hydrogens is 262 g/mol. The van der Waals surface area contributed by atoms with Crippen LogP contribution in [0.3, 0.4) is 0 Å². The van der Waals surface area contributed by atoms with Crippen LogP contribution in [-0.4, -0.2) is 12.1 Å². The van der Waals surface area contributed by atoms with Gasteiger partial charge in [-0.1, -0.05) is 29.3 Å². The second kappa shape index (κ2) is 6.02. The maximum atomic E-state index is 5.85. The molecule has 2 rings (SSSR count). The molecule has 1 aromatic heterocycles. The van der Waals surface area contributed by atoms with Crippen molar-refractivity contribution < 1.29 is 4.74 Å². The van der Waals surface area contributed by atoms with Gasteiger partial charge in [0.1, 0.15) is 5.75 Å². The number of benzene rings is 1. The molecule has 0 bridgehead atoms. The Morgan fingerprint density at radius 1 is 1.32 bits per heavy atom. The number of nitrogens with one attached hydrogen (secondary N) is 1. The van der Waals surface area contributed by atoms with Gasteiger partial charge in [-0.25, -0.2) is 5.43 Å². The van der Waals surface area contributed by atoms with E-state index in [4.69, 9.17) is 22.2 Å². The number of aryl methyl sites for hydroxylation is 1. The molecule has 0 saturated carbocycles. The summed E-state index contributed by atoms with van der Waals surface area (Å²) in [6.45, 7) is 2.02. The predicted octanol–water partition coefficient (Wildman–Crippen LogP) is 2.60. The summed E-state index contributed by atoms with van der Waals surface area (Å²) >= 11 is 5.85. The van der Waals surface area contributed by atoms with Crippen LogP contribution in [-0.2, 0) is 0 Å². The van der Waals surface area contributed by atoms with Crippen molar-refractivity contribution in [1.29, 1.82) is 0 Å². The maximum Gasteiger partial charge on any atom is 0.124 e. The van der Waals surface area contributed by atoms with Crippen LogP contribution in [0.1, 0.15) is 22.9 Å². The molecule has 0 spiro atoms. The average Bonchev–Trinajstić information content (AvgIpc) is 2.42. The Balaban J connectivity index is 2.47. The molecule has 0 radical (unpaired) electrons. The number of hydrogen-bond donors (Lipinski definition) is 2. The zero-order valence-electron chi connectivity index (χ0n) is 10.9. The summed E-state index contributed by atoms with van der Waals surface area (Å²) in [4.78, 5) is 4.30. The van der Waals surface area contributed by atoms with Gasteiger partial charge in [-0.15, -0.1) is 0 Å². The molecule has 0 saturated heterocycles. The Labute approximate surface area is 117 Å². The van der Waals surface area contributed by atoms with Gasteiger partial charge in [0.25, 0.3) is 0 Å². The number of pyridine rings is 1. The lowest BCUT2D eigenvalue weighted by Gasteiger charge is -2.19. The highest BCUT2D eigenvalue weighted by Crippen LogP contribution is 2.29. The average molecular weight is 278 g/mol. The molecule has 2 aromatic rings. The largest absolute Gasteiger partial charge is 0.496 e. The van der Waals surface area contributed by atoms with Gasteiger partial charge in [0.15, 0.2) is 0 Å². The standard InChI is InChI=1S/C14H16ClN3O/c1-9-3-6-13(19-2)11(7-9)14(18-16)12-5-4-10(15)8-17-12/h3-8,14,18H,16H2,1-2H3. The smallest absolute Gasteiger partial charge is 0.124 e. The molecule has 1 heterocycles. The molecule has 0 amide bonds. The van der Waals surface area contributed by atoms with Crippen molar-refractivity contribution in [3.8, 4) is 5.75 Å². The number of methoxy groups -OCH3 is 1. The Morgan fingerprint density at radius 3 is 2.68 bits per heavy atom. The fourth-order valence-corrected chi connectivity index (χ4v) is 2.08. The van der Waals surface area contributed by atoms with Gasteiger partial charge >= 0.3 is 0 Å². The van der Waals surface area contributed by atoms with Crippen molar-refractivity contribution in [3.63, 3.8) is 0 Å². The van der Waals surface area contributed by atoms with Gasteiger partial charge in [0.2, 0.25) is 0 Å². The highest BCUT2D eigenvalue weighted by Gasteiger charge is 2.18. The van der Waals surface area contributed by atoms with E-state index in [9.17, 15) is 0 Å². The zero-order chi connectivity index (χ0) is 13.8. The topological polar surface area (TPSA) is 60.2 Å². The van der Waals surface area contributed by atoms with E-state index in [1.54, 1.807) is 19.4 Å². The molecular formula is C14H16ClN3O. The SMILES string of the molecule is COc1ccc(C)cc1C(NN)c1ccc(Cl)cn1. The number of hydrazine groups is 1. The third-order valence-electron chi connectivity index (χ3n) is 2.91. The molecule has 1 aromatic carbocycles. The highest BCUT2D eigenvalue weighted by molar-refractivity contribution is 6.30. The molecule has 1 unspecified atom stereocenters. The van der Waals surface area contributed by atoms with E-state index in [0.717, 1.165) is 22.6 Å². The van der Waals surface area contributed by atoms with Crippen molar-refractivity contribution >= 4 is 11.6 Å².